The molecule has 248 valence electrons. The topological polar surface area (TPSA) is 108 Å². The number of thiophene rings is 1. The average molecular weight is 672 g/mol. The number of fused-ring (bicyclic) bond motifs is 4. The molecule has 0 saturated carbocycles. The third-order valence-electron chi connectivity index (χ3n) is 9.74. The maximum Gasteiger partial charge on any atom is 0.223 e. The Hall–Kier alpha value is -4.77. The number of benzene rings is 2. The number of hydrogen-bond acceptors (Lipinski definition) is 9. The van der Waals surface area contributed by atoms with E-state index >= 15 is 0 Å². The standard InChI is InChI=1S/C39H37N5O4S/c45-27(14-13-26-7-2-1-3-8-26)15-16-34(46)43-19-17-39(47,18-20-43)33-25-32-36(49-33)38(44-21-23-48-24-22-44)42-37(41-32)29-10-6-12-31-35(29)28-9-4-5-11-30(28)40-31/h1-11,13-14,25,47H,12,15-24H2/b14-13+. The van der Waals surface area contributed by atoms with Crippen LogP contribution in [0.15, 0.2) is 83.9 Å². The maximum atomic E-state index is 13.0. The van der Waals surface area contributed by atoms with Crippen molar-refractivity contribution in [3.8, 4) is 0 Å². The van der Waals surface area contributed by atoms with Crippen LogP contribution in [0.5, 0.6) is 0 Å². The van der Waals surface area contributed by atoms with Crippen LogP contribution in [0.2, 0.25) is 0 Å². The zero-order chi connectivity index (χ0) is 33.4. The van der Waals surface area contributed by atoms with E-state index in [2.05, 4.69) is 23.1 Å². The second-order valence-electron chi connectivity index (χ2n) is 12.9. The first-order valence-corrected chi connectivity index (χ1v) is 17.8. The van der Waals surface area contributed by atoms with Gasteiger partial charge in [-0.1, -0.05) is 66.8 Å². The number of nitrogens with zero attached hydrogens (tertiary/aromatic N) is 5. The molecule has 5 heterocycles. The second-order valence-corrected chi connectivity index (χ2v) is 13.9. The van der Waals surface area contributed by atoms with Crippen molar-refractivity contribution in [3.63, 3.8) is 0 Å². The number of aromatic nitrogens is 2. The first-order chi connectivity index (χ1) is 23.9. The summed E-state index contributed by atoms with van der Waals surface area (Å²) in [7, 11) is 0. The van der Waals surface area contributed by atoms with Gasteiger partial charge < -0.3 is 19.6 Å². The van der Waals surface area contributed by atoms with Crippen LogP contribution in [0.4, 0.5) is 11.5 Å². The lowest BCUT2D eigenvalue weighted by molar-refractivity contribution is -0.136. The number of ether oxygens (including phenoxy) is 1. The first kappa shape index (κ1) is 31.5. The summed E-state index contributed by atoms with van der Waals surface area (Å²) in [5, 5.41) is 12.0. The molecular weight excluding hydrogens is 635 g/mol. The molecule has 1 N–H and O–H groups in total. The van der Waals surface area contributed by atoms with Crippen molar-refractivity contribution in [2.24, 2.45) is 4.99 Å². The van der Waals surface area contributed by atoms with Crippen LogP contribution in [-0.2, 0) is 19.9 Å². The van der Waals surface area contributed by atoms with E-state index in [1.807, 2.05) is 54.6 Å². The SMILES string of the molecule is O=C(/C=C/c1ccccc1)CCC(=O)N1CCC(O)(c2cc3nc(C4=C5C(=Nc6ccccc65)CC=C4)nc(N4CCOCC4)c3s2)CC1. The highest BCUT2D eigenvalue weighted by atomic mass is 32.1. The number of rotatable bonds is 8. The molecule has 10 heteroatoms. The molecule has 8 rings (SSSR count). The fourth-order valence-corrected chi connectivity index (χ4v) is 8.26. The number of anilines is 1. The van der Waals surface area contributed by atoms with Crippen LogP contribution in [0, 0.1) is 0 Å². The lowest BCUT2D eigenvalue weighted by Crippen LogP contribution is -2.44. The monoisotopic (exact) mass is 671 g/mol. The van der Waals surface area contributed by atoms with Crippen molar-refractivity contribution in [2.75, 3.05) is 44.3 Å². The number of aliphatic hydroxyl groups is 1. The molecule has 4 aliphatic rings. The predicted octanol–water partition coefficient (Wildman–Crippen LogP) is 6.36. The Kier molecular flexibility index (Phi) is 8.53. The number of ketones is 1. The molecule has 1 aliphatic carbocycles. The lowest BCUT2D eigenvalue weighted by Gasteiger charge is -2.37. The van der Waals surface area contributed by atoms with Gasteiger partial charge in [-0.3, -0.25) is 14.6 Å². The summed E-state index contributed by atoms with van der Waals surface area (Å²) in [6, 6.07) is 19.9. The second kappa shape index (κ2) is 13.3. The minimum atomic E-state index is -1.09. The molecule has 2 saturated heterocycles. The summed E-state index contributed by atoms with van der Waals surface area (Å²) in [5.41, 5.74) is 5.81. The van der Waals surface area contributed by atoms with E-state index in [4.69, 9.17) is 19.7 Å². The molecule has 4 aromatic rings. The number of carbonyl (C=O) groups is 2. The molecule has 3 aliphatic heterocycles. The van der Waals surface area contributed by atoms with Gasteiger partial charge in [0, 0.05) is 67.0 Å². The predicted molar refractivity (Wildman–Crippen MR) is 194 cm³/mol. The lowest BCUT2D eigenvalue weighted by atomic mass is 9.89. The summed E-state index contributed by atoms with van der Waals surface area (Å²) in [5.74, 6) is 1.37. The summed E-state index contributed by atoms with van der Waals surface area (Å²) in [4.78, 5) is 45.6. The Morgan fingerprint density at radius 1 is 0.959 bits per heavy atom. The van der Waals surface area contributed by atoms with Gasteiger partial charge >= 0.3 is 0 Å². The van der Waals surface area contributed by atoms with Crippen molar-refractivity contribution < 1.29 is 19.4 Å². The number of amides is 1. The normalized spacial score (nSPS) is 18.6. The van der Waals surface area contributed by atoms with Gasteiger partial charge in [0.15, 0.2) is 17.4 Å². The largest absolute Gasteiger partial charge is 0.384 e. The van der Waals surface area contributed by atoms with E-state index in [-0.39, 0.29) is 24.5 Å². The fourth-order valence-electron chi connectivity index (χ4n) is 7.00. The smallest absolute Gasteiger partial charge is 0.223 e. The number of aliphatic imine (C=N–C) groups is 1. The number of piperidine rings is 1. The molecule has 9 nitrogen and oxygen atoms in total. The Morgan fingerprint density at radius 2 is 1.73 bits per heavy atom. The van der Waals surface area contributed by atoms with Crippen molar-refractivity contribution in [3.05, 3.63) is 101 Å². The Morgan fingerprint density at radius 3 is 2.55 bits per heavy atom. The molecule has 2 aromatic carbocycles. The van der Waals surface area contributed by atoms with Crippen LogP contribution in [0.1, 0.15) is 53.9 Å². The minimum Gasteiger partial charge on any atom is -0.384 e. The highest BCUT2D eigenvalue weighted by Crippen LogP contribution is 2.45. The van der Waals surface area contributed by atoms with Gasteiger partial charge in [-0.15, -0.1) is 11.3 Å². The Labute approximate surface area is 289 Å². The first-order valence-electron chi connectivity index (χ1n) is 16.9. The third kappa shape index (κ3) is 6.27. The van der Waals surface area contributed by atoms with Crippen LogP contribution in [0.25, 0.3) is 27.4 Å². The van der Waals surface area contributed by atoms with Gasteiger partial charge in [-0.2, -0.15) is 0 Å². The number of morpholine rings is 1. The molecule has 0 atom stereocenters. The molecule has 0 spiro atoms. The molecule has 2 fully saturated rings. The number of likely N-dealkylation sites (tertiary alicyclic amines) is 1. The molecular formula is C39H37N5O4S. The van der Waals surface area contributed by atoms with Crippen molar-refractivity contribution in [1.29, 1.82) is 0 Å². The quantitative estimate of drug-likeness (QED) is 0.217. The fraction of sp³-hybridized carbons (Fsp3) is 0.308. The van der Waals surface area contributed by atoms with Gasteiger partial charge in [0.05, 0.1) is 34.8 Å². The zero-order valence-electron chi connectivity index (χ0n) is 27.2. The van der Waals surface area contributed by atoms with E-state index in [0.29, 0.717) is 45.0 Å². The summed E-state index contributed by atoms with van der Waals surface area (Å²) < 4.78 is 6.62. The van der Waals surface area contributed by atoms with Gasteiger partial charge in [0.25, 0.3) is 0 Å². The summed E-state index contributed by atoms with van der Waals surface area (Å²) in [6.45, 7) is 3.55. The van der Waals surface area contributed by atoms with Crippen molar-refractivity contribution in [1.82, 2.24) is 14.9 Å². The molecule has 0 unspecified atom stereocenters. The number of carbonyl (C=O) groups excluding carboxylic acids is 2. The Bertz CT molecular complexity index is 2050. The Balaban J connectivity index is 1.03. The van der Waals surface area contributed by atoms with E-state index < -0.39 is 5.60 Å². The molecule has 1 amide bonds. The van der Waals surface area contributed by atoms with Crippen LogP contribution in [0.3, 0.4) is 0 Å². The number of allylic oxidation sites excluding steroid dienone is 5. The number of para-hydroxylation sites is 1. The van der Waals surface area contributed by atoms with E-state index in [9.17, 15) is 14.7 Å². The zero-order valence-corrected chi connectivity index (χ0v) is 28.0. The van der Waals surface area contributed by atoms with Crippen molar-refractivity contribution >= 4 is 67.7 Å². The summed E-state index contributed by atoms with van der Waals surface area (Å²) in [6.07, 6.45) is 9.47. The third-order valence-corrected chi connectivity index (χ3v) is 11.0. The minimum absolute atomic E-state index is 0.0589. The van der Waals surface area contributed by atoms with E-state index in [1.54, 1.807) is 28.4 Å². The average Bonchev–Trinajstić information content (AvgIpc) is 3.76. The van der Waals surface area contributed by atoms with Crippen LogP contribution >= 0.6 is 11.3 Å². The maximum absolute atomic E-state index is 13.0. The van der Waals surface area contributed by atoms with E-state index in [0.717, 1.165) is 74.1 Å². The molecule has 0 radical (unpaired) electrons. The van der Waals surface area contributed by atoms with Gasteiger partial charge in [-0.05, 0) is 36.6 Å². The highest BCUT2D eigenvalue weighted by molar-refractivity contribution is 7.19. The van der Waals surface area contributed by atoms with Crippen LogP contribution < -0.4 is 4.90 Å². The molecule has 49 heavy (non-hydrogen) atoms. The van der Waals surface area contributed by atoms with Gasteiger partial charge in [0.2, 0.25) is 5.91 Å². The summed E-state index contributed by atoms with van der Waals surface area (Å²) >= 11 is 1.54. The highest BCUT2D eigenvalue weighted by Gasteiger charge is 2.38. The van der Waals surface area contributed by atoms with Gasteiger partial charge in [-0.25, -0.2) is 9.97 Å². The number of hydrogen-bond donors (Lipinski definition) is 1. The molecule has 2 aromatic heterocycles. The van der Waals surface area contributed by atoms with E-state index in [1.165, 1.54) is 0 Å². The van der Waals surface area contributed by atoms with Crippen LogP contribution in [-0.4, -0.2) is 76.8 Å². The van der Waals surface area contributed by atoms with Gasteiger partial charge in [0.1, 0.15) is 5.60 Å². The van der Waals surface area contributed by atoms with Crippen molar-refractivity contribution in [2.45, 2.75) is 37.7 Å². The molecule has 0 bridgehead atoms.